The van der Waals surface area contributed by atoms with Gasteiger partial charge in [0.1, 0.15) is 17.2 Å². The minimum absolute atomic E-state index is 0.475. The van der Waals surface area contributed by atoms with E-state index in [1.165, 1.54) is 55.6 Å². The van der Waals surface area contributed by atoms with E-state index in [0.29, 0.717) is 0 Å². The molecule has 0 atom stereocenters. The first-order valence-corrected chi connectivity index (χ1v) is 15.6. The molecule has 2 heteroatoms. The van der Waals surface area contributed by atoms with Crippen molar-refractivity contribution in [1.29, 1.82) is 0 Å². The van der Waals surface area contributed by atoms with Gasteiger partial charge in [0.15, 0.2) is 0 Å². The fourth-order valence-corrected chi connectivity index (χ4v) is 7.12. The van der Waals surface area contributed by atoms with Crippen LogP contribution in [0.5, 0.6) is 17.2 Å². The van der Waals surface area contributed by atoms with Crippen molar-refractivity contribution in [1.82, 2.24) is 0 Å². The van der Waals surface area contributed by atoms with Crippen LogP contribution in [0.2, 0.25) is 0 Å². The van der Waals surface area contributed by atoms with Gasteiger partial charge in [-0.05, 0) is 131 Å². The van der Waals surface area contributed by atoms with Gasteiger partial charge in [-0.15, -0.1) is 0 Å². The van der Waals surface area contributed by atoms with Gasteiger partial charge in [0, 0.05) is 0 Å². The zero-order chi connectivity index (χ0) is 31.3. The van der Waals surface area contributed by atoms with Crippen molar-refractivity contribution >= 4 is 0 Å². The van der Waals surface area contributed by atoms with Crippen LogP contribution in [-0.4, -0.2) is 7.11 Å². The maximum Gasteiger partial charge on any atom is 0.130 e. The van der Waals surface area contributed by atoms with E-state index in [1.807, 2.05) is 0 Å². The lowest BCUT2D eigenvalue weighted by molar-refractivity contribution is 0.411. The number of benzene rings is 6. The molecule has 0 amide bonds. The average molecular weight is 587 g/mol. The van der Waals surface area contributed by atoms with Crippen molar-refractivity contribution < 1.29 is 9.47 Å². The Hall–Kier alpha value is -5.08. The van der Waals surface area contributed by atoms with Crippen molar-refractivity contribution in [2.75, 3.05) is 7.11 Å². The first-order valence-electron chi connectivity index (χ1n) is 15.6. The maximum atomic E-state index is 6.60. The second-order valence-electron chi connectivity index (χ2n) is 12.4. The Morgan fingerprint density at radius 1 is 0.422 bits per heavy atom. The Balaban J connectivity index is 1.33. The van der Waals surface area contributed by atoms with Crippen molar-refractivity contribution in [2.45, 2.75) is 40.0 Å². The van der Waals surface area contributed by atoms with E-state index < -0.39 is 5.41 Å². The Labute approximate surface area is 266 Å². The van der Waals surface area contributed by atoms with E-state index in [0.717, 1.165) is 33.9 Å². The van der Waals surface area contributed by atoms with Crippen LogP contribution in [0.15, 0.2) is 121 Å². The van der Waals surface area contributed by atoms with Crippen molar-refractivity contribution in [3.63, 3.8) is 0 Å². The highest BCUT2D eigenvalue weighted by Crippen LogP contribution is 2.56. The van der Waals surface area contributed by atoms with Gasteiger partial charge in [-0.3, -0.25) is 0 Å². The quantitative estimate of drug-likeness (QED) is 0.193. The van der Waals surface area contributed by atoms with Crippen LogP contribution in [0, 0.1) is 34.6 Å². The molecule has 0 N–H and O–H groups in total. The number of methoxy groups -OCH3 is 1. The van der Waals surface area contributed by atoms with Gasteiger partial charge in [0.05, 0.1) is 12.5 Å². The van der Waals surface area contributed by atoms with Gasteiger partial charge < -0.3 is 9.47 Å². The molecule has 6 aromatic carbocycles. The molecule has 0 saturated heterocycles. The number of fused-ring (bicyclic) bond motifs is 3. The molecule has 0 aromatic heterocycles. The maximum absolute atomic E-state index is 6.60. The monoisotopic (exact) mass is 586 g/mol. The van der Waals surface area contributed by atoms with Crippen LogP contribution in [0.3, 0.4) is 0 Å². The smallest absolute Gasteiger partial charge is 0.130 e. The highest BCUT2D eigenvalue weighted by molar-refractivity contribution is 5.86. The van der Waals surface area contributed by atoms with E-state index >= 15 is 0 Å². The molecule has 0 unspecified atom stereocenters. The Kier molecular flexibility index (Phi) is 7.09. The van der Waals surface area contributed by atoms with Crippen LogP contribution in [0.4, 0.5) is 0 Å². The lowest BCUT2D eigenvalue weighted by Gasteiger charge is -2.34. The molecule has 6 aromatic rings. The normalized spacial score (nSPS) is 12.8. The molecule has 0 bridgehead atoms. The number of rotatable bonds is 6. The first kappa shape index (κ1) is 28.7. The summed E-state index contributed by atoms with van der Waals surface area (Å²) in [4.78, 5) is 0. The summed E-state index contributed by atoms with van der Waals surface area (Å²) in [7, 11) is 1.73. The lowest BCUT2D eigenvalue weighted by Crippen LogP contribution is -2.28. The summed E-state index contributed by atoms with van der Waals surface area (Å²) < 4.78 is 12.3. The molecule has 7 rings (SSSR count). The summed E-state index contributed by atoms with van der Waals surface area (Å²) in [6.45, 7) is 10.7. The highest BCUT2D eigenvalue weighted by atomic mass is 16.5. The zero-order valence-electron chi connectivity index (χ0n) is 26.9. The largest absolute Gasteiger partial charge is 0.496 e. The Morgan fingerprint density at radius 2 is 0.889 bits per heavy atom. The molecule has 0 radical (unpaired) electrons. The number of hydrogen-bond acceptors (Lipinski definition) is 2. The summed E-state index contributed by atoms with van der Waals surface area (Å²) in [6.07, 6.45) is 0. The summed E-state index contributed by atoms with van der Waals surface area (Å²) >= 11 is 0. The summed E-state index contributed by atoms with van der Waals surface area (Å²) in [5.74, 6) is 2.63. The topological polar surface area (TPSA) is 18.5 Å². The number of aryl methyl sites for hydroxylation is 5. The van der Waals surface area contributed by atoms with Gasteiger partial charge in [0.25, 0.3) is 0 Å². The van der Waals surface area contributed by atoms with Gasteiger partial charge in [-0.1, -0.05) is 97.1 Å². The number of hydrogen-bond donors (Lipinski definition) is 0. The zero-order valence-corrected chi connectivity index (χ0v) is 26.9. The van der Waals surface area contributed by atoms with Crippen molar-refractivity contribution in [3.05, 3.63) is 171 Å². The molecule has 0 saturated carbocycles. The summed E-state index contributed by atoms with van der Waals surface area (Å²) in [5.41, 5.74) is 15.5. The molecule has 222 valence electrons. The van der Waals surface area contributed by atoms with Crippen LogP contribution in [0.25, 0.3) is 22.3 Å². The number of ether oxygens (including phenoxy) is 2. The standard InChI is InChI=1S/C43H38O2/c1-27-15-16-32(23-28(27)2)33-17-20-41(29(3)24-33)45-42-22-19-35(26-31(42)5)43(34-18-21-40(44-6)30(4)25-34)38-13-9-7-11-36(38)37-12-8-10-14-39(37)43/h7-26H,1-6H3. The van der Waals surface area contributed by atoms with Crippen LogP contribution >= 0.6 is 0 Å². The molecule has 1 aliphatic carbocycles. The van der Waals surface area contributed by atoms with E-state index in [2.05, 4.69) is 156 Å². The molecule has 0 fully saturated rings. The molecule has 0 spiro atoms. The summed E-state index contributed by atoms with van der Waals surface area (Å²) in [5, 5.41) is 0. The molecule has 1 aliphatic rings. The Morgan fingerprint density at radius 3 is 1.40 bits per heavy atom. The molecule has 0 aliphatic heterocycles. The third kappa shape index (κ3) is 4.64. The molecule has 45 heavy (non-hydrogen) atoms. The van der Waals surface area contributed by atoms with E-state index in [-0.39, 0.29) is 0 Å². The second kappa shape index (κ2) is 11.1. The lowest BCUT2D eigenvalue weighted by atomic mass is 9.67. The fraction of sp³-hybridized carbons (Fsp3) is 0.163. The van der Waals surface area contributed by atoms with Gasteiger partial charge in [-0.25, -0.2) is 0 Å². The fourth-order valence-electron chi connectivity index (χ4n) is 7.12. The van der Waals surface area contributed by atoms with Crippen LogP contribution in [-0.2, 0) is 5.41 Å². The third-order valence-electron chi connectivity index (χ3n) is 9.62. The molecule has 0 heterocycles. The van der Waals surface area contributed by atoms with Crippen molar-refractivity contribution in [3.8, 4) is 39.5 Å². The van der Waals surface area contributed by atoms with Crippen molar-refractivity contribution in [2.24, 2.45) is 0 Å². The van der Waals surface area contributed by atoms with Gasteiger partial charge >= 0.3 is 0 Å². The van der Waals surface area contributed by atoms with Crippen LogP contribution < -0.4 is 9.47 Å². The predicted molar refractivity (Wildman–Crippen MR) is 186 cm³/mol. The summed E-state index contributed by atoms with van der Waals surface area (Å²) in [6, 6.07) is 44.1. The molecular weight excluding hydrogens is 548 g/mol. The Bertz CT molecular complexity index is 2040. The molecular formula is C43H38O2. The average Bonchev–Trinajstić information content (AvgIpc) is 3.35. The minimum atomic E-state index is -0.475. The molecule has 2 nitrogen and oxygen atoms in total. The third-order valence-corrected chi connectivity index (χ3v) is 9.62. The van der Waals surface area contributed by atoms with E-state index in [4.69, 9.17) is 9.47 Å². The highest BCUT2D eigenvalue weighted by Gasteiger charge is 2.46. The minimum Gasteiger partial charge on any atom is -0.496 e. The van der Waals surface area contributed by atoms with Gasteiger partial charge in [0.2, 0.25) is 0 Å². The van der Waals surface area contributed by atoms with E-state index in [9.17, 15) is 0 Å². The van der Waals surface area contributed by atoms with Crippen LogP contribution in [0.1, 0.15) is 50.1 Å². The SMILES string of the molecule is COc1ccc(C2(c3ccc(Oc4ccc(-c5ccc(C)c(C)c5)cc4C)c(C)c3)c3ccccc3-c3ccccc32)cc1C. The first-order chi connectivity index (χ1) is 21.8. The van der Waals surface area contributed by atoms with E-state index in [1.54, 1.807) is 7.11 Å². The van der Waals surface area contributed by atoms with Gasteiger partial charge in [-0.2, -0.15) is 0 Å². The predicted octanol–water partition coefficient (Wildman–Crippen LogP) is 11.1. The second-order valence-corrected chi connectivity index (χ2v) is 12.4.